The number of aryl methyl sites for hydroxylation is 2. The summed E-state index contributed by atoms with van der Waals surface area (Å²) in [5.41, 5.74) is 2.58. The Morgan fingerprint density at radius 3 is 2.55 bits per heavy atom. The zero-order valence-corrected chi connectivity index (χ0v) is 12.9. The maximum Gasteiger partial charge on any atom is 0.323 e. The highest BCUT2D eigenvalue weighted by Crippen LogP contribution is 2.38. The molecule has 2 amide bonds. The molecule has 0 saturated carbocycles. The smallest absolute Gasteiger partial charge is 0.323 e. The zero-order chi connectivity index (χ0) is 15.7. The molecule has 0 atom stereocenters. The van der Waals surface area contributed by atoms with Crippen LogP contribution in [0.4, 0.5) is 16.2 Å². The Morgan fingerprint density at radius 1 is 1.23 bits per heavy atom. The van der Waals surface area contributed by atoms with E-state index in [-0.39, 0.29) is 0 Å². The number of nitrogens with zero attached hydrogens (tertiary/aromatic N) is 1. The van der Waals surface area contributed by atoms with E-state index in [0.29, 0.717) is 46.8 Å². The van der Waals surface area contributed by atoms with Crippen LogP contribution in [0.3, 0.4) is 0 Å². The predicted octanol–water partition coefficient (Wildman–Crippen LogP) is 3.10. The second-order valence-electron chi connectivity index (χ2n) is 4.86. The molecule has 0 radical (unpaired) electrons. The number of rotatable bonds is 2. The molecule has 0 saturated heterocycles. The lowest BCUT2D eigenvalue weighted by atomic mass is 10.2. The van der Waals surface area contributed by atoms with Crippen LogP contribution in [-0.4, -0.2) is 29.4 Å². The molecular formula is C14H15ClN4O3. The standard InChI is InChI=1S/C14H15ClN4O3/c1-7-13(8(2)19-18-7)17-14(20)16-10-6-12-11(5-9(10)15)21-3-4-22-12/h5-6H,3-4H2,1-2H3,(H,18,19)(H2,16,17,20). The average molecular weight is 323 g/mol. The number of halogens is 1. The molecule has 1 aliphatic heterocycles. The Labute approximate surface area is 131 Å². The van der Waals surface area contributed by atoms with Crippen LogP contribution in [0, 0.1) is 13.8 Å². The minimum Gasteiger partial charge on any atom is -0.486 e. The van der Waals surface area contributed by atoms with E-state index in [1.807, 2.05) is 6.92 Å². The number of anilines is 2. The second kappa shape index (κ2) is 5.76. The van der Waals surface area contributed by atoms with Gasteiger partial charge >= 0.3 is 6.03 Å². The molecule has 8 heteroatoms. The fourth-order valence-electron chi connectivity index (χ4n) is 2.16. The normalized spacial score (nSPS) is 12.9. The number of urea groups is 1. The number of aromatic amines is 1. The van der Waals surface area contributed by atoms with Gasteiger partial charge in [0.1, 0.15) is 13.2 Å². The third-order valence-electron chi connectivity index (χ3n) is 3.25. The molecule has 22 heavy (non-hydrogen) atoms. The number of carbonyl (C=O) groups excluding carboxylic acids is 1. The van der Waals surface area contributed by atoms with Gasteiger partial charge in [0.2, 0.25) is 0 Å². The summed E-state index contributed by atoms with van der Waals surface area (Å²) in [6.07, 6.45) is 0. The Morgan fingerprint density at radius 2 is 1.91 bits per heavy atom. The Kier molecular flexibility index (Phi) is 3.81. The fraction of sp³-hybridized carbons (Fsp3) is 0.286. The summed E-state index contributed by atoms with van der Waals surface area (Å²) in [7, 11) is 0. The van der Waals surface area contributed by atoms with Crippen LogP contribution >= 0.6 is 11.6 Å². The van der Waals surface area contributed by atoms with Crippen molar-refractivity contribution in [1.29, 1.82) is 0 Å². The molecule has 0 spiro atoms. The average Bonchev–Trinajstić information content (AvgIpc) is 2.80. The number of amides is 2. The first-order chi connectivity index (χ1) is 10.5. The molecule has 7 nitrogen and oxygen atoms in total. The first-order valence-corrected chi connectivity index (χ1v) is 7.11. The van der Waals surface area contributed by atoms with Crippen molar-refractivity contribution in [1.82, 2.24) is 10.2 Å². The van der Waals surface area contributed by atoms with Gasteiger partial charge in [-0.15, -0.1) is 0 Å². The van der Waals surface area contributed by atoms with Crippen molar-refractivity contribution in [2.75, 3.05) is 23.8 Å². The number of hydrogen-bond donors (Lipinski definition) is 3. The summed E-state index contributed by atoms with van der Waals surface area (Å²) in [4.78, 5) is 12.1. The minimum atomic E-state index is -0.411. The zero-order valence-electron chi connectivity index (χ0n) is 12.1. The number of hydrogen-bond acceptors (Lipinski definition) is 4. The lowest BCUT2D eigenvalue weighted by Gasteiger charge is -2.20. The van der Waals surface area contributed by atoms with Gasteiger partial charge in [-0.1, -0.05) is 11.6 Å². The summed E-state index contributed by atoms with van der Waals surface area (Å²) in [6.45, 7) is 4.58. The first kappa shape index (κ1) is 14.5. The van der Waals surface area contributed by atoms with E-state index >= 15 is 0 Å². The van der Waals surface area contributed by atoms with Crippen molar-refractivity contribution in [3.63, 3.8) is 0 Å². The second-order valence-corrected chi connectivity index (χ2v) is 5.27. The molecule has 0 aliphatic carbocycles. The summed E-state index contributed by atoms with van der Waals surface area (Å²) in [5, 5.41) is 12.6. The third kappa shape index (κ3) is 2.80. The van der Waals surface area contributed by atoms with Gasteiger partial charge in [-0.3, -0.25) is 5.10 Å². The maximum absolute atomic E-state index is 12.1. The van der Waals surface area contributed by atoms with E-state index < -0.39 is 6.03 Å². The number of fused-ring (bicyclic) bond motifs is 1. The van der Waals surface area contributed by atoms with Gasteiger partial charge in [0.05, 0.1) is 27.8 Å². The van der Waals surface area contributed by atoms with E-state index in [0.717, 1.165) is 5.69 Å². The highest BCUT2D eigenvalue weighted by atomic mass is 35.5. The van der Waals surface area contributed by atoms with E-state index in [1.54, 1.807) is 19.1 Å². The molecule has 1 aliphatic rings. The van der Waals surface area contributed by atoms with Crippen LogP contribution in [0.15, 0.2) is 12.1 Å². The van der Waals surface area contributed by atoms with Crippen molar-refractivity contribution in [2.24, 2.45) is 0 Å². The highest BCUT2D eigenvalue weighted by Gasteiger charge is 2.17. The van der Waals surface area contributed by atoms with Crippen LogP contribution in [-0.2, 0) is 0 Å². The molecule has 3 N–H and O–H groups in total. The molecule has 3 rings (SSSR count). The third-order valence-corrected chi connectivity index (χ3v) is 3.56. The van der Waals surface area contributed by atoms with Crippen molar-refractivity contribution in [2.45, 2.75) is 13.8 Å². The monoisotopic (exact) mass is 322 g/mol. The van der Waals surface area contributed by atoms with Crippen molar-refractivity contribution < 1.29 is 14.3 Å². The largest absolute Gasteiger partial charge is 0.486 e. The molecule has 116 valence electrons. The van der Waals surface area contributed by atoms with Gasteiger partial charge in [0.25, 0.3) is 0 Å². The van der Waals surface area contributed by atoms with Crippen LogP contribution in [0.5, 0.6) is 11.5 Å². The summed E-state index contributed by atoms with van der Waals surface area (Å²) >= 11 is 6.15. The maximum atomic E-state index is 12.1. The lowest BCUT2D eigenvalue weighted by molar-refractivity contribution is 0.171. The topological polar surface area (TPSA) is 88.3 Å². The van der Waals surface area contributed by atoms with Gasteiger partial charge in [0, 0.05) is 12.1 Å². The van der Waals surface area contributed by atoms with E-state index in [4.69, 9.17) is 21.1 Å². The van der Waals surface area contributed by atoms with Crippen molar-refractivity contribution >= 4 is 29.0 Å². The molecule has 1 aromatic heterocycles. The molecule has 1 aromatic carbocycles. The van der Waals surface area contributed by atoms with Crippen molar-refractivity contribution in [3.05, 3.63) is 28.5 Å². The lowest BCUT2D eigenvalue weighted by Crippen LogP contribution is -2.21. The Bertz CT molecular complexity index is 710. The molecular weight excluding hydrogens is 308 g/mol. The van der Waals surface area contributed by atoms with Gasteiger partial charge in [-0.25, -0.2) is 4.79 Å². The molecule has 2 heterocycles. The number of benzene rings is 1. The molecule has 0 unspecified atom stereocenters. The first-order valence-electron chi connectivity index (χ1n) is 6.73. The summed E-state index contributed by atoms with van der Waals surface area (Å²) < 4.78 is 10.9. The number of H-pyrrole nitrogens is 1. The van der Waals surface area contributed by atoms with E-state index in [2.05, 4.69) is 20.8 Å². The van der Waals surface area contributed by atoms with Crippen molar-refractivity contribution in [3.8, 4) is 11.5 Å². The number of aromatic nitrogens is 2. The predicted molar refractivity (Wildman–Crippen MR) is 83.1 cm³/mol. The summed E-state index contributed by atoms with van der Waals surface area (Å²) in [5.74, 6) is 1.13. The SMILES string of the molecule is Cc1n[nH]c(C)c1NC(=O)Nc1cc2c(cc1Cl)OCCO2. The van der Waals surface area contributed by atoms with Gasteiger partial charge in [-0.2, -0.15) is 5.10 Å². The van der Waals surface area contributed by atoms with Gasteiger partial charge in [0.15, 0.2) is 11.5 Å². The number of ether oxygens (including phenoxy) is 2. The Balaban J connectivity index is 1.77. The summed E-state index contributed by atoms with van der Waals surface area (Å²) in [6, 6.07) is 2.86. The van der Waals surface area contributed by atoms with E-state index in [1.165, 1.54) is 0 Å². The highest BCUT2D eigenvalue weighted by molar-refractivity contribution is 6.34. The van der Waals surface area contributed by atoms with Gasteiger partial charge in [-0.05, 0) is 13.8 Å². The van der Waals surface area contributed by atoms with Crippen LogP contribution < -0.4 is 20.1 Å². The van der Waals surface area contributed by atoms with E-state index in [9.17, 15) is 4.79 Å². The number of nitrogens with one attached hydrogen (secondary N) is 3. The van der Waals surface area contributed by atoms with Crippen LogP contribution in [0.25, 0.3) is 0 Å². The van der Waals surface area contributed by atoms with Gasteiger partial charge < -0.3 is 20.1 Å². The van der Waals surface area contributed by atoms with Crippen LogP contribution in [0.1, 0.15) is 11.4 Å². The minimum absolute atomic E-state index is 0.375. The Hall–Kier alpha value is -2.41. The quantitative estimate of drug-likeness (QED) is 0.792. The molecule has 0 fully saturated rings. The van der Waals surface area contributed by atoms with Crippen LogP contribution in [0.2, 0.25) is 5.02 Å². The number of carbonyl (C=O) groups is 1. The molecule has 0 bridgehead atoms. The molecule has 2 aromatic rings. The fourth-order valence-corrected chi connectivity index (χ4v) is 2.36.